The van der Waals surface area contributed by atoms with E-state index in [0.29, 0.717) is 16.9 Å². The fraction of sp³-hybridized carbons (Fsp3) is 0.125. The third-order valence-corrected chi connectivity index (χ3v) is 4.83. The highest BCUT2D eigenvalue weighted by atomic mass is 32.2. The van der Waals surface area contributed by atoms with Crippen LogP contribution in [0.2, 0.25) is 0 Å². The Labute approximate surface area is 139 Å². The Bertz CT molecular complexity index is 952. The number of nitrogens with zero attached hydrogens (tertiary/aromatic N) is 3. The molecule has 0 amide bonds. The maximum Gasteiger partial charge on any atom is 0.285 e. The van der Waals surface area contributed by atoms with Gasteiger partial charge in [0.15, 0.2) is 17.3 Å². The number of benzene rings is 2. The molecule has 0 aromatic heterocycles. The molecule has 3 rings (SSSR count). The van der Waals surface area contributed by atoms with Gasteiger partial charge in [-0.15, -0.1) is 4.40 Å². The number of fused-ring (bicyclic) bond motifs is 1. The van der Waals surface area contributed by atoms with Gasteiger partial charge in [0, 0.05) is 12.6 Å². The van der Waals surface area contributed by atoms with Crippen molar-refractivity contribution in [2.75, 3.05) is 14.2 Å². The molecule has 0 saturated heterocycles. The van der Waals surface area contributed by atoms with Crippen molar-refractivity contribution < 1.29 is 18.3 Å². The van der Waals surface area contributed by atoms with E-state index in [1.54, 1.807) is 37.4 Å². The van der Waals surface area contributed by atoms with Crippen molar-refractivity contribution >= 4 is 22.1 Å². The summed E-state index contributed by atoms with van der Waals surface area (Å²) < 4.78 is 32.9. The first-order chi connectivity index (χ1) is 11.4. The summed E-state index contributed by atoms with van der Waals surface area (Å²) in [6, 6.07) is 11.4. The number of phenols is 1. The Balaban J connectivity index is 1.90. The van der Waals surface area contributed by atoms with Crippen LogP contribution in [-0.2, 0) is 10.0 Å². The van der Waals surface area contributed by atoms with Crippen LogP contribution in [-0.4, -0.2) is 44.7 Å². The lowest BCUT2D eigenvalue weighted by molar-refractivity contribution is 0.373. The van der Waals surface area contributed by atoms with Crippen LogP contribution in [0.1, 0.15) is 11.1 Å². The standard InChI is InChI=1S/C16H15N3O4S/c1-19(17-10-11-7-8-13(20)14(9-11)23-2)16-12-5-3-4-6-15(12)24(21,22)18-16/h3-10,20H,1-2H3. The smallest absolute Gasteiger partial charge is 0.285 e. The highest BCUT2D eigenvalue weighted by Gasteiger charge is 2.30. The van der Waals surface area contributed by atoms with E-state index in [0.717, 1.165) is 0 Å². The number of rotatable bonds is 3. The van der Waals surface area contributed by atoms with E-state index in [1.165, 1.54) is 30.5 Å². The molecule has 0 fully saturated rings. The predicted molar refractivity (Wildman–Crippen MR) is 90.2 cm³/mol. The average molecular weight is 345 g/mol. The van der Waals surface area contributed by atoms with Crippen LogP contribution in [0.3, 0.4) is 0 Å². The fourth-order valence-electron chi connectivity index (χ4n) is 2.30. The lowest BCUT2D eigenvalue weighted by atomic mass is 10.2. The van der Waals surface area contributed by atoms with Gasteiger partial charge < -0.3 is 9.84 Å². The van der Waals surface area contributed by atoms with Crippen LogP contribution in [0.15, 0.2) is 56.9 Å². The first-order valence-corrected chi connectivity index (χ1v) is 8.45. The predicted octanol–water partition coefficient (Wildman–Crippen LogP) is 1.82. The van der Waals surface area contributed by atoms with Gasteiger partial charge >= 0.3 is 0 Å². The SMILES string of the molecule is COc1cc(C=NN(C)C2=NS(=O)(=O)c3ccccc32)ccc1O. The van der Waals surface area contributed by atoms with Crippen molar-refractivity contribution in [2.24, 2.45) is 9.50 Å². The van der Waals surface area contributed by atoms with E-state index in [-0.39, 0.29) is 16.5 Å². The summed E-state index contributed by atoms with van der Waals surface area (Å²) in [4.78, 5) is 0.174. The number of phenolic OH excluding ortho intramolecular Hbond substituents is 1. The molecular formula is C16H15N3O4S. The summed E-state index contributed by atoms with van der Waals surface area (Å²) in [7, 11) is -0.608. The number of hydrogen-bond acceptors (Lipinski definition) is 6. The van der Waals surface area contributed by atoms with E-state index in [2.05, 4.69) is 9.50 Å². The summed E-state index contributed by atoms with van der Waals surface area (Å²) in [5, 5.41) is 15.2. The molecule has 2 aromatic rings. The molecule has 1 N–H and O–H groups in total. The van der Waals surface area contributed by atoms with Crippen molar-refractivity contribution in [1.29, 1.82) is 0 Å². The number of hydrazone groups is 1. The number of hydrogen-bond donors (Lipinski definition) is 1. The molecule has 0 bridgehead atoms. The minimum Gasteiger partial charge on any atom is -0.504 e. The zero-order valence-corrected chi connectivity index (χ0v) is 13.9. The first kappa shape index (κ1) is 16.0. The fourth-order valence-corrected chi connectivity index (χ4v) is 3.53. The highest BCUT2D eigenvalue weighted by Crippen LogP contribution is 2.27. The molecule has 24 heavy (non-hydrogen) atoms. The van der Waals surface area contributed by atoms with Gasteiger partial charge in [0.2, 0.25) is 0 Å². The van der Waals surface area contributed by atoms with Crippen molar-refractivity contribution in [3.8, 4) is 11.5 Å². The lowest BCUT2D eigenvalue weighted by Gasteiger charge is -2.12. The molecule has 2 aromatic carbocycles. The highest BCUT2D eigenvalue weighted by molar-refractivity contribution is 7.90. The van der Waals surface area contributed by atoms with Crippen molar-refractivity contribution in [3.63, 3.8) is 0 Å². The van der Waals surface area contributed by atoms with Gasteiger partial charge in [0.1, 0.15) is 4.90 Å². The minimum absolute atomic E-state index is 0.0307. The third-order valence-electron chi connectivity index (χ3n) is 3.50. The second-order valence-electron chi connectivity index (χ2n) is 5.09. The topological polar surface area (TPSA) is 91.6 Å². The van der Waals surface area contributed by atoms with Gasteiger partial charge in [-0.25, -0.2) is 5.01 Å². The van der Waals surface area contributed by atoms with Gasteiger partial charge in [-0.05, 0) is 35.9 Å². The molecule has 124 valence electrons. The summed E-state index contributed by atoms with van der Waals surface area (Å²) in [5.41, 5.74) is 1.20. The Morgan fingerprint density at radius 2 is 2.00 bits per heavy atom. The minimum atomic E-state index is -3.68. The molecule has 8 heteroatoms. The molecule has 1 heterocycles. The van der Waals surface area contributed by atoms with Crippen LogP contribution in [0.5, 0.6) is 11.5 Å². The van der Waals surface area contributed by atoms with Crippen LogP contribution < -0.4 is 4.74 Å². The number of amidine groups is 1. The molecule has 0 atom stereocenters. The molecule has 7 nitrogen and oxygen atoms in total. The third kappa shape index (κ3) is 2.83. The molecule has 0 unspecified atom stereocenters. The quantitative estimate of drug-likeness (QED) is 0.677. The first-order valence-electron chi connectivity index (χ1n) is 7.01. The van der Waals surface area contributed by atoms with Crippen LogP contribution >= 0.6 is 0 Å². The Morgan fingerprint density at radius 1 is 1.25 bits per heavy atom. The number of ether oxygens (including phenoxy) is 1. The summed E-state index contributed by atoms with van der Waals surface area (Å²) in [6.07, 6.45) is 1.53. The van der Waals surface area contributed by atoms with Crippen molar-refractivity contribution in [1.82, 2.24) is 5.01 Å². The van der Waals surface area contributed by atoms with Crippen LogP contribution in [0.25, 0.3) is 0 Å². The Morgan fingerprint density at radius 3 is 2.75 bits per heavy atom. The van der Waals surface area contributed by atoms with Gasteiger partial charge in [0.05, 0.1) is 13.3 Å². The van der Waals surface area contributed by atoms with Gasteiger partial charge in [-0.1, -0.05) is 12.1 Å². The maximum atomic E-state index is 12.1. The largest absolute Gasteiger partial charge is 0.504 e. The zero-order chi connectivity index (χ0) is 17.3. The molecule has 1 aliphatic heterocycles. The van der Waals surface area contributed by atoms with E-state index in [1.807, 2.05) is 0 Å². The average Bonchev–Trinajstić information content (AvgIpc) is 2.86. The summed E-state index contributed by atoms with van der Waals surface area (Å²) >= 11 is 0. The molecule has 0 spiro atoms. The number of methoxy groups -OCH3 is 1. The van der Waals surface area contributed by atoms with E-state index >= 15 is 0 Å². The van der Waals surface area contributed by atoms with Gasteiger partial charge in [-0.2, -0.15) is 13.5 Å². The number of sulfonamides is 1. The van der Waals surface area contributed by atoms with Crippen LogP contribution in [0, 0.1) is 0 Å². The lowest BCUT2D eigenvalue weighted by Crippen LogP contribution is -2.21. The Kier molecular flexibility index (Phi) is 3.98. The summed E-state index contributed by atoms with van der Waals surface area (Å²) in [6.45, 7) is 0. The normalized spacial score (nSPS) is 15.2. The number of aromatic hydroxyl groups is 1. The van der Waals surface area contributed by atoms with Crippen LogP contribution in [0.4, 0.5) is 0 Å². The molecule has 0 aliphatic carbocycles. The van der Waals surface area contributed by atoms with E-state index < -0.39 is 10.0 Å². The van der Waals surface area contributed by atoms with E-state index in [9.17, 15) is 13.5 Å². The second-order valence-corrected chi connectivity index (χ2v) is 6.66. The second kappa shape index (κ2) is 5.97. The zero-order valence-electron chi connectivity index (χ0n) is 13.0. The Hall–Kier alpha value is -2.87. The summed E-state index contributed by atoms with van der Waals surface area (Å²) in [5.74, 6) is 0.614. The van der Waals surface area contributed by atoms with Gasteiger partial charge in [0.25, 0.3) is 10.0 Å². The van der Waals surface area contributed by atoms with Gasteiger partial charge in [-0.3, -0.25) is 0 Å². The molecule has 1 aliphatic rings. The van der Waals surface area contributed by atoms with Crippen molar-refractivity contribution in [2.45, 2.75) is 4.90 Å². The monoisotopic (exact) mass is 345 g/mol. The molecule has 0 radical (unpaired) electrons. The van der Waals surface area contributed by atoms with Crippen molar-refractivity contribution in [3.05, 3.63) is 53.6 Å². The van der Waals surface area contributed by atoms with E-state index in [4.69, 9.17) is 4.74 Å². The molecule has 0 saturated carbocycles. The molecular weight excluding hydrogens is 330 g/mol. The maximum absolute atomic E-state index is 12.1.